The third-order valence-corrected chi connectivity index (χ3v) is 0. The van der Waals surface area contributed by atoms with Gasteiger partial charge in [0.05, 0.1) is 0 Å². The van der Waals surface area contributed by atoms with Crippen molar-refractivity contribution < 1.29 is 0 Å². The van der Waals surface area contributed by atoms with Gasteiger partial charge in [-0.3, -0.25) is 0 Å². The summed E-state index contributed by atoms with van der Waals surface area (Å²) in [5, 5.41) is 2.75. The Morgan fingerprint density at radius 2 is 1.00 bits per heavy atom. The van der Waals surface area contributed by atoms with Crippen molar-refractivity contribution in [3.8, 4) is 0 Å². The molecule has 1 N–H and O–H groups in total. The van der Waals surface area contributed by atoms with E-state index < -0.39 is 0 Å². The summed E-state index contributed by atoms with van der Waals surface area (Å²) in [7, 11) is 3.75. The van der Waals surface area contributed by atoms with Crippen LogP contribution in [0.5, 0.6) is 0 Å². The molecule has 3 heteroatoms. The molecule has 1 nitrogen and oxygen atoms in total. The minimum absolute atomic E-state index is 0. The van der Waals surface area contributed by atoms with E-state index in [2.05, 4.69) is 5.32 Å². The maximum atomic E-state index is 2.75. The number of hydrogen-bond acceptors (Lipinski definition) is 1. The molecule has 0 aliphatic heterocycles. The zero-order valence-corrected chi connectivity index (χ0v) is 2.50. The van der Waals surface area contributed by atoms with Gasteiger partial charge in [-0.2, -0.15) is 0 Å². The van der Waals surface area contributed by atoms with Crippen LogP contribution in [0.25, 0.3) is 0 Å². The van der Waals surface area contributed by atoms with E-state index in [-0.39, 0.29) is 59.1 Å². The van der Waals surface area contributed by atoms with E-state index in [4.69, 9.17) is 0 Å². The van der Waals surface area contributed by atoms with Crippen LogP contribution in [0.1, 0.15) is 0 Å². The molecular weight excluding hydrogens is 84.0 g/mol. The van der Waals surface area contributed by atoms with E-state index in [1.807, 2.05) is 14.1 Å². The van der Waals surface area contributed by atoms with Crippen molar-refractivity contribution in [2.75, 3.05) is 14.1 Å². The van der Waals surface area contributed by atoms with Gasteiger partial charge in [0.15, 0.2) is 0 Å². The zero-order valence-electron chi connectivity index (χ0n) is 2.50. The summed E-state index contributed by atoms with van der Waals surface area (Å²) in [5.41, 5.74) is 0. The monoisotopic (exact) mass is 93.1 g/mol. The van der Waals surface area contributed by atoms with Gasteiger partial charge in [-0.25, -0.2) is 0 Å². The third-order valence-electron chi connectivity index (χ3n) is 0. The molecule has 24 valence electrons. The third kappa shape index (κ3) is 24.3. The average Bonchev–Trinajstić information content (AvgIpc) is 0.918. The second-order valence-corrected chi connectivity index (χ2v) is 0.500. The molecule has 0 aliphatic carbocycles. The van der Waals surface area contributed by atoms with Crippen molar-refractivity contribution in [3.05, 3.63) is 0 Å². The summed E-state index contributed by atoms with van der Waals surface area (Å²) in [5.74, 6) is 0. The van der Waals surface area contributed by atoms with Crippen LogP contribution in [0.3, 0.4) is 0 Å². The van der Waals surface area contributed by atoms with Crippen LogP contribution in [0.2, 0.25) is 0 Å². The second kappa shape index (κ2) is 16.7. The molecule has 5 heavy (non-hydrogen) atoms. The Morgan fingerprint density at radius 3 is 1.00 bits per heavy atom. The molecule has 0 spiro atoms. The topological polar surface area (TPSA) is 12.0 Å². The molecular formula is C2H9NNa2. The molecule has 0 saturated heterocycles. The van der Waals surface area contributed by atoms with Crippen LogP contribution in [0, 0.1) is 0 Å². The van der Waals surface area contributed by atoms with Crippen LogP contribution in [0.15, 0.2) is 0 Å². The fourth-order valence-corrected chi connectivity index (χ4v) is 0. The van der Waals surface area contributed by atoms with Crippen molar-refractivity contribution in [3.63, 3.8) is 0 Å². The number of hydrogen-bond donors (Lipinski definition) is 1. The molecule has 0 atom stereocenters. The van der Waals surface area contributed by atoms with E-state index in [0.29, 0.717) is 0 Å². The van der Waals surface area contributed by atoms with Crippen molar-refractivity contribution in [1.82, 2.24) is 5.32 Å². The molecule has 0 aliphatic rings. The summed E-state index contributed by atoms with van der Waals surface area (Å²) in [6, 6.07) is 0. The van der Waals surface area contributed by atoms with Gasteiger partial charge in [-0.05, 0) is 14.1 Å². The van der Waals surface area contributed by atoms with E-state index >= 15 is 0 Å². The summed E-state index contributed by atoms with van der Waals surface area (Å²) < 4.78 is 0. The van der Waals surface area contributed by atoms with Crippen molar-refractivity contribution >= 4 is 59.1 Å². The van der Waals surface area contributed by atoms with Gasteiger partial charge in [0.25, 0.3) is 0 Å². The van der Waals surface area contributed by atoms with E-state index in [9.17, 15) is 0 Å². The van der Waals surface area contributed by atoms with Gasteiger partial charge in [-0.15, -0.1) is 0 Å². The van der Waals surface area contributed by atoms with Crippen molar-refractivity contribution in [2.45, 2.75) is 0 Å². The van der Waals surface area contributed by atoms with Crippen LogP contribution >= 0.6 is 0 Å². The molecule has 0 aromatic carbocycles. The van der Waals surface area contributed by atoms with Crippen LogP contribution < -0.4 is 5.32 Å². The summed E-state index contributed by atoms with van der Waals surface area (Å²) >= 11 is 0. The quantitative estimate of drug-likeness (QED) is 0.361. The van der Waals surface area contributed by atoms with Gasteiger partial charge in [0.2, 0.25) is 0 Å². The first kappa shape index (κ1) is 15.8. The Kier molecular flexibility index (Phi) is 52.8. The van der Waals surface area contributed by atoms with Crippen LogP contribution in [0.4, 0.5) is 0 Å². The van der Waals surface area contributed by atoms with Gasteiger partial charge >= 0.3 is 59.1 Å². The molecule has 0 radical (unpaired) electrons. The Morgan fingerprint density at radius 1 is 1.00 bits per heavy atom. The van der Waals surface area contributed by atoms with Crippen molar-refractivity contribution in [2.24, 2.45) is 0 Å². The molecule has 0 fully saturated rings. The van der Waals surface area contributed by atoms with Crippen molar-refractivity contribution in [1.29, 1.82) is 0 Å². The minimum atomic E-state index is 0. The average molecular weight is 93.1 g/mol. The number of rotatable bonds is 0. The maximum absolute atomic E-state index is 2.75. The molecule has 0 aromatic heterocycles. The van der Waals surface area contributed by atoms with E-state index in [1.165, 1.54) is 0 Å². The molecule has 0 bridgehead atoms. The predicted octanol–water partition coefficient (Wildman–Crippen LogP) is -1.46. The SMILES string of the molecule is CNC.[NaH].[NaH]. The summed E-state index contributed by atoms with van der Waals surface area (Å²) in [4.78, 5) is 0. The van der Waals surface area contributed by atoms with Gasteiger partial charge < -0.3 is 5.32 Å². The Labute approximate surface area is 77.5 Å². The van der Waals surface area contributed by atoms with Gasteiger partial charge in [0.1, 0.15) is 0 Å². The molecule has 0 amide bonds. The Hall–Kier alpha value is 1.96. The first-order valence-corrected chi connectivity index (χ1v) is 1.00. The van der Waals surface area contributed by atoms with E-state index in [1.54, 1.807) is 0 Å². The van der Waals surface area contributed by atoms with Crippen LogP contribution in [-0.4, -0.2) is 73.2 Å². The second-order valence-electron chi connectivity index (χ2n) is 0.500. The van der Waals surface area contributed by atoms with Crippen LogP contribution in [-0.2, 0) is 0 Å². The molecule has 0 aromatic rings. The predicted molar refractivity (Wildman–Crippen MR) is 29.3 cm³/mol. The van der Waals surface area contributed by atoms with Gasteiger partial charge in [0, 0.05) is 0 Å². The first-order chi connectivity index (χ1) is 1.41. The molecule has 0 saturated carbocycles. The molecule has 0 unspecified atom stereocenters. The Balaban J connectivity index is -0.0000000200. The first-order valence-electron chi connectivity index (χ1n) is 1.00. The normalized spacial score (nSPS) is 3.60. The standard InChI is InChI=1S/C2H7N.2Na.2H/c1-3-2;;;;/h3H,1-2H3;;;;. The Bertz CT molecular complexity index is 7.61. The number of nitrogens with one attached hydrogen (secondary N) is 1. The molecule has 0 heterocycles. The molecule has 0 rings (SSSR count). The van der Waals surface area contributed by atoms with Gasteiger partial charge in [-0.1, -0.05) is 0 Å². The fourth-order valence-electron chi connectivity index (χ4n) is 0. The fraction of sp³-hybridized carbons (Fsp3) is 1.00. The van der Waals surface area contributed by atoms with E-state index in [0.717, 1.165) is 0 Å². The summed E-state index contributed by atoms with van der Waals surface area (Å²) in [6.07, 6.45) is 0. The zero-order chi connectivity index (χ0) is 2.71. The summed E-state index contributed by atoms with van der Waals surface area (Å²) in [6.45, 7) is 0.